The molecule has 0 spiro atoms. The van der Waals surface area contributed by atoms with Crippen LogP contribution in [0.1, 0.15) is 19.8 Å². The molecule has 0 aliphatic carbocycles. The molecule has 3 rings (SSSR count). The molecule has 1 saturated heterocycles. The smallest absolute Gasteiger partial charge is 0.222 e. The summed E-state index contributed by atoms with van der Waals surface area (Å²) in [6, 6.07) is 10.7. The highest BCUT2D eigenvalue weighted by atomic mass is 16.2. The number of nitrogens with zero attached hydrogens (tertiary/aromatic N) is 1. The van der Waals surface area contributed by atoms with Crippen LogP contribution in [-0.4, -0.2) is 28.2 Å². The SMILES string of the molecule is CC(CC1CC(=O)N1)Nc1cn[nH]c1-c1ccccc1. The number of hydrogen-bond donors (Lipinski definition) is 3. The Kier molecular flexibility index (Phi) is 3.41. The summed E-state index contributed by atoms with van der Waals surface area (Å²) in [4.78, 5) is 10.9. The van der Waals surface area contributed by atoms with E-state index in [1.54, 1.807) is 6.20 Å². The summed E-state index contributed by atoms with van der Waals surface area (Å²) < 4.78 is 0. The van der Waals surface area contributed by atoms with E-state index in [9.17, 15) is 4.79 Å². The second-order valence-electron chi connectivity index (χ2n) is 5.27. The van der Waals surface area contributed by atoms with E-state index in [0.29, 0.717) is 12.5 Å². The Morgan fingerprint density at radius 2 is 2.15 bits per heavy atom. The fourth-order valence-electron chi connectivity index (χ4n) is 2.54. The molecule has 2 atom stereocenters. The van der Waals surface area contributed by atoms with Gasteiger partial charge in [0.2, 0.25) is 5.91 Å². The van der Waals surface area contributed by atoms with Gasteiger partial charge in [-0.2, -0.15) is 5.10 Å². The monoisotopic (exact) mass is 270 g/mol. The van der Waals surface area contributed by atoms with Gasteiger partial charge in [0.1, 0.15) is 0 Å². The van der Waals surface area contributed by atoms with Crippen molar-refractivity contribution in [2.75, 3.05) is 5.32 Å². The Labute approximate surface area is 117 Å². The van der Waals surface area contributed by atoms with Crippen LogP contribution >= 0.6 is 0 Å². The number of amides is 1. The van der Waals surface area contributed by atoms with E-state index < -0.39 is 0 Å². The van der Waals surface area contributed by atoms with Crippen molar-refractivity contribution in [2.24, 2.45) is 0 Å². The van der Waals surface area contributed by atoms with Crippen LogP contribution in [0.15, 0.2) is 36.5 Å². The van der Waals surface area contributed by atoms with Gasteiger partial charge < -0.3 is 10.6 Å². The number of aromatic amines is 1. The van der Waals surface area contributed by atoms with Gasteiger partial charge in [0.25, 0.3) is 0 Å². The molecule has 3 N–H and O–H groups in total. The van der Waals surface area contributed by atoms with Crippen LogP contribution in [-0.2, 0) is 4.79 Å². The summed E-state index contributed by atoms with van der Waals surface area (Å²) in [7, 11) is 0. The lowest BCUT2D eigenvalue weighted by molar-refractivity contribution is -0.128. The van der Waals surface area contributed by atoms with Crippen LogP contribution in [0, 0.1) is 0 Å². The summed E-state index contributed by atoms with van der Waals surface area (Å²) in [5, 5.41) is 13.5. The van der Waals surface area contributed by atoms with E-state index >= 15 is 0 Å². The Hall–Kier alpha value is -2.30. The molecule has 20 heavy (non-hydrogen) atoms. The minimum Gasteiger partial charge on any atom is -0.379 e. The van der Waals surface area contributed by atoms with Gasteiger partial charge in [0.05, 0.1) is 17.6 Å². The van der Waals surface area contributed by atoms with Crippen LogP contribution in [0.3, 0.4) is 0 Å². The van der Waals surface area contributed by atoms with Gasteiger partial charge in [-0.1, -0.05) is 30.3 Å². The molecule has 2 heterocycles. The van der Waals surface area contributed by atoms with E-state index in [-0.39, 0.29) is 11.9 Å². The fourth-order valence-corrected chi connectivity index (χ4v) is 2.54. The molecule has 1 fully saturated rings. The molecule has 0 bridgehead atoms. The lowest BCUT2D eigenvalue weighted by Gasteiger charge is -2.29. The Bertz CT molecular complexity index is 585. The molecular weight excluding hydrogens is 252 g/mol. The molecule has 1 aromatic heterocycles. The first-order valence-electron chi connectivity index (χ1n) is 6.87. The third kappa shape index (κ3) is 2.66. The molecule has 0 radical (unpaired) electrons. The quantitative estimate of drug-likeness (QED) is 0.729. The maximum atomic E-state index is 10.9. The number of benzene rings is 1. The summed E-state index contributed by atoms with van der Waals surface area (Å²) in [5.74, 6) is 0.149. The number of carbonyl (C=O) groups excluding carboxylic acids is 1. The van der Waals surface area contributed by atoms with Crippen LogP contribution < -0.4 is 10.6 Å². The number of carbonyl (C=O) groups is 1. The zero-order valence-electron chi connectivity index (χ0n) is 11.4. The maximum Gasteiger partial charge on any atom is 0.222 e. The molecule has 2 unspecified atom stereocenters. The normalized spacial score (nSPS) is 19.1. The highest BCUT2D eigenvalue weighted by Crippen LogP contribution is 2.26. The van der Waals surface area contributed by atoms with E-state index in [0.717, 1.165) is 23.4 Å². The topological polar surface area (TPSA) is 69.8 Å². The molecule has 5 nitrogen and oxygen atoms in total. The summed E-state index contributed by atoms with van der Waals surface area (Å²) >= 11 is 0. The van der Waals surface area contributed by atoms with Gasteiger partial charge in [-0.05, 0) is 13.3 Å². The molecule has 0 saturated carbocycles. The second kappa shape index (κ2) is 5.36. The molecule has 1 aromatic carbocycles. The van der Waals surface area contributed by atoms with Crippen molar-refractivity contribution in [3.63, 3.8) is 0 Å². The number of aromatic nitrogens is 2. The van der Waals surface area contributed by atoms with Crippen molar-refractivity contribution < 1.29 is 4.79 Å². The molecule has 1 aliphatic rings. The second-order valence-corrected chi connectivity index (χ2v) is 5.27. The molecular formula is C15H18N4O. The minimum absolute atomic E-state index is 0.149. The number of rotatable bonds is 5. The zero-order valence-corrected chi connectivity index (χ0v) is 11.4. The zero-order chi connectivity index (χ0) is 13.9. The first kappa shape index (κ1) is 12.7. The number of β-lactam (4-membered cyclic amide) rings is 1. The molecule has 1 amide bonds. The van der Waals surface area contributed by atoms with E-state index in [2.05, 4.69) is 39.9 Å². The molecule has 5 heteroatoms. The largest absolute Gasteiger partial charge is 0.379 e. The average molecular weight is 270 g/mol. The van der Waals surface area contributed by atoms with Crippen LogP contribution in [0.4, 0.5) is 5.69 Å². The minimum atomic E-state index is 0.149. The third-order valence-corrected chi connectivity index (χ3v) is 3.54. The maximum absolute atomic E-state index is 10.9. The number of H-pyrrole nitrogens is 1. The lowest BCUT2D eigenvalue weighted by atomic mass is 9.98. The van der Waals surface area contributed by atoms with Crippen LogP contribution in [0.2, 0.25) is 0 Å². The predicted molar refractivity (Wildman–Crippen MR) is 78.3 cm³/mol. The number of hydrogen-bond acceptors (Lipinski definition) is 3. The third-order valence-electron chi connectivity index (χ3n) is 3.54. The molecule has 2 aromatic rings. The van der Waals surface area contributed by atoms with Crippen molar-refractivity contribution >= 4 is 11.6 Å². The van der Waals surface area contributed by atoms with E-state index in [1.807, 2.05) is 18.2 Å². The van der Waals surface area contributed by atoms with Gasteiger partial charge in [-0.25, -0.2) is 0 Å². The Morgan fingerprint density at radius 3 is 2.85 bits per heavy atom. The van der Waals surface area contributed by atoms with Gasteiger partial charge in [-0.3, -0.25) is 9.89 Å². The lowest BCUT2D eigenvalue weighted by Crippen LogP contribution is -2.50. The molecule has 1 aliphatic heterocycles. The van der Waals surface area contributed by atoms with Crippen molar-refractivity contribution in [3.8, 4) is 11.3 Å². The fraction of sp³-hybridized carbons (Fsp3) is 0.333. The van der Waals surface area contributed by atoms with Crippen LogP contribution in [0.5, 0.6) is 0 Å². The highest BCUT2D eigenvalue weighted by molar-refractivity contribution is 5.82. The first-order chi connectivity index (χ1) is 9.72. The summed E-state index contributed by atoms with van der Waals surface area (Å²) in [5.41, 5.74) is 3.10. The van der Waals surface area contributed by atoms with Gasteiger partial charge in [-0.15, -0.1) is 0 Å². The highest BCUT2D eigenvalue weighted by Gasteiger charge is 2.26. The van der Waals surface area contributed by atoms with E-state index in [4.69, 9.17) is 0 Å². The van der Waals surface area contributed by atoms with Crippen LogP contribution in [0.25, 0.3) is 11.3 Å². The van der Waals surface area contributed by atoms with Gasteiger partial charge in [0.15, 0.2) is 0 Å². The summed E-state index contributed by atoms with van der Waals surface area (Å²) in [6.45, 7) is 2.12. The Balaban J connectivity index is 1.66. The first-order valence-corrected chi connectivity index (χ1v) is 6.87. The number of nitrogens with one attached hydrogen (secondary N) is 3. The summed E-state index contributed by atoms with van der Waals surface area (Å²) in [6.07, 6.45) is 3.37. The van der Waals surface area contributed by atoms with Gasteiger partial charge in [0, 0.05) is 24.1 Å². The average Bonchev–Trinajstić information content (AvgIpc) is 2.86. The Morgan fingerprint density at radius 1 is 1.40 bits per heavy atom. The predicted octanol–water partition coefficient (Wildman–Crippen LogP) is 2.16. The van der Waals surface area contributed by atoms with Crippen molar-refractivity contribution in [3.05, 3.63) is 36.5 Å². The van der Waals surface area contributed by atoms with Crippen molar-refractivity contribution in [1.82, 2.24) is 15.5 Å². The molecule has 104 valence electrons. The van der Waals surface area contributed by atoms with Gasteiger partial charge >= 0.3 is 0 Å². The standard InChI is InChI=1S/C15H18N4O/c1-10(7-12-8-14(20)18-12)17-13-9-16-19-15(13)11-5-3-2-4-6-11/h2-6,9-10,12,17H,7-8H2,1H3,(H,16,19)(H,18,20). The number of anilines is 1. The van der Waals surface area contributed by atoms with Crippen molar-refractivity contribution in [2.45, 2.75) is 31.8 Å². The van der Waals surface area contributed by atoms with E-state index in [1.165, 1.54) is 0 Å². The van der Waals surface area contributed by atoms with Crippen molar-refractivity contribution in [1.29, 1.82) is 0 Å².